The Labute approximate surface area is 167 Å². The summed E-state index contributed by atoms with van der Waals surface area (Å²) in [6.07, 6.45) is 0.108. The predicted octanol–water partition coefficient (Wildman–Crippen LogP) is 5.72. The Kier molecular flexibility index (Phi) is 6.37. The van der Waals surface area contributed by atoms with Gasteiger partial charge in [0.25, 0.3) is 6.43 Å². The Morgan fingerprint density at radius 1 is 1.07 bits per heavy atom. The zero-order chi connectivity index (χ0) is 21.1. The van der Waals surface area contributed by atoms with E-state index in [1.54, 1.807) is 12.1 Å². The van der Waals surface area contributed by atoms with Crippen LogP contribution in [0.1, 0.15) is 39.2 Å². The van der Waals surface area contributed by atoms with Crippen molar-refractivity contribution in [1.82, 2.24) is 9.97 Å². The molecule has 0 fully saturated rings. The molecule has 0 radical (unpaired) electrons. The summed E-state index contributed by atoms with van der Waals surface area (Å²) in [5.41, 5.74) is 7.12. The average molecular weight is 403 g/mol. The predicted molar refractivity (Wildman–Crippen MR) is 107 cm³/mol. The van der Waals surface area contributed by atoms with Crippen LogP contribution in [0.4, 0.5) is 13.2 Å². The fourth-order valence-corrected chi connectivity index (χ4v) is 3.36. The molecule has 0 bridgehead atoms. The molecule has 0 aliphatic rings. The van der Waals surface area contributed by atoms with Crippen LogP contribution in [0, 0.1) is 17.7 Å². The van der Waals surface area contributed by atoms with Crippen molar-refractivity contribution >= 4 is 10.9 Å². The second kappa shape index (κ2) is 8.78. The van der Waals surface area contributed by atoms with Crippen molar-refractivity contribution in [3.8, 4) is 17.0 Å². The second-order valence-corrected chi connectivity index (χ2v) is 7.62. The molecule has 1 aromatic carbocycles. The van der Waals surface area contributed by atoms with Gasteiger partial charge >= 0.3 is 0 Å². The van der Waals surface area contributed by atoms with E-state index in [2.05, 4.69) is 23.8 Å². The first-order chi connectivity index (χ1) is 13.8. The minimum atomic E-state index is -2.76. The van der Waals surface area contributed by atoms with Crippen molar-refractivity contribution in [2.75, 3.05) is 0 Å². The summed E-state index contributed by atoms with van der Waals surface area (Å²) in [4.78, 5) is 8.43. The van der Waals surface area contributed by atoms with Crippen molar-refractivity contribution in [2.45, 2.75) is 39.8 Å². The molecule has 3 rings (SSSR count). The molecule has 0 amide bonds. The number of aromatic nitrogens is 2. The molecule has 3 aromatic rings. The summed E-state index contributed by atoms with van der Waals surface area (Å²) >= 11 is 0. The number of benzene rings is 1. The lowest BCUT2D eigenvalue weighted by atomic mass is 9.97. The topological polar surface area (TPSA) is 61.0 Å². The van der Waals surface area contributed by atoms with Crippen molar-refractivity contribution in [1.29, 1.82) is 0 Å². The number of alkyl halides is 2. The molecule has 4 nitrogen and oxygen atoms in total. The number of pyridine rings is 2. The van der Waals surface area contributed by atoms with Gasteiger partial charge in [-0.05, 0) is 36.6 Å². The molecule has 29 heavy (non-hydrogen) atoms. The lowest BCUT2D eigenvalue weighted by Gasteiger charge is -2.24. The fourth-order valence-electron chi connectivity index (χ4n) is 3.36. The van der Waals surface area contributed by atoms with Gasteiger partial charge in [-0.25, -0.2) is 13.2 Å². The molecular weight excluding hydrogens is 379 g/mol. The highest BCUT2D eigenvalue weighted by atomic mass is 19.3. The van der Waals surface area contributed by atoms with Crippen LogP contribution in [0.5, 0.6) is 5.75 Å². The van der Waals surface area contributed by atoms with Gasteiger partial charge in [-0.1, -0.05) is 20.8 Å². The molecule has 2 atom stereocenters. The fraction of sp³-hybridized carbons (Fsp3) is 0.364. The third-order valence-electron chi connectivity index (χ3n) is 4.78. The van der Waals surface area contributed by atoms with Crippen LogP contribution in [0.25, 0.3) is 22.2 Å². The van der Waals surface area contributed by atoms with Gasteiger partial charge < -0.3 is 4.74 Å². The van der Waals surface area contributed by atoms with E-state index in [1.165, 1.54) is 30.6 Å². The zero-order valence-corrected chi connectivity index (χ0v) is 16.6. The highest BCUT2D eigenvalue weighted by molar-refractivity contribution is 5.93. The Morgan fingerprint density at radius 2 is 1.83 bits per heavy atom. The third-order valence-corrected chi connectivity index (χ3v) is 4.78. The number of hydrogen-bond donors (Lipinski definition) is 1. The van der Waals surface area contributed by atoms with Gasteiger partial charge in [-0.15, -0.1) is 0 Å². The Balaban J connectivity index is 1.97. The summed E-state index contributed by atoms with van der Waals surface area (Å²) in [6, 6.07) is 7.10. The van der Waals surface area contributed by atoms with E-state index in [9.17, 15) is 13.2 Å². The van der Waals surface area contributed by atoms with Gasteiger partial charge in [0.1, 0.15) is 17.8 Å². The summed E-state index contributed by atoms with van der Waals surface area (Å²) in [6.45, 7) is 6.06. The van der Waals surface area contributed by atoms with Crippen LogP contribution in [0.3, 0.4) is 0 Å². The molecule has 0 aliphatic carbocycles. The molecule has 2 N–H and O–H groups in total. The molecule has 0 saturated carbocycles. The maximum absolute atomic E-state index is 13.7. The summed E-state index contributed by atoms with van der Waals surface area (Å²) in [5.74, 6) is -0.0355. The van der Waals surface area contributed by atoms with E-state index in [0.29, 0.717) is 28.1 Å². The van der Waals surface area contributed by atoms with Crippen LogP contribution >= 0.6 is 0 Å². The molecular formula is C22H24F3N3O. The number of rotatable bonds is 7. The van der Waals surface area contributed by atoms with E-state index in [4.69, 9.17) is 10.5 Å². The third kappa shape index (κ3) is 4.85. The van der Waals surface area contributed by atoms with E-state index >= 15 is 0 Å². The van der Waals surface area contributed by atoms with Crippen LogP contribution < -0.4 is 10.5 Å². The Morgan fingerprint density at radius 3 is 2.52 bits per heavy atom. The Hall–Kier alpha value is -2.67. The average Bonchev–Trinajstić information content (AvgIpc) is 2.66. The highest BCUT2D eigenvalue weighted by Gasteiger charge is 2.22. The van der Waals surface area contributed by atoms with E-state index in [1.807, 2.05) is 6.92 Å². The van der Waals surface area contributed by atoms with Crippen LogP contribution in [-0.4, -0.2) is 16.2 Å². The summed E-state index contributed by atoms with van der Waals surface area (Å²) in [7, 11) is 0. The maximum atomic E-state index is 13.7. The molecule has 7 heteroatoms. The van der Waals surface area contributed by atoms with E-state index in [-0.39, 0.29) is 17.2 Å². The van der Waals surface area contributed by atoms with Gasteiger partial charge in [0, 0.05) is 29.1 Å². The number of nitrogens with two attached hydrogens (primary N) is 1. The van der Waals surface area contributed by atoms with Gasteiger partial charge in [0.05, 0.1) is 23.0 Å². The zero-order valence-electron chi connectivity index (χ0n) is 16.6. The minimum Gasteiger partial charge on any atom is -0.473 e. The number of hydrogen-bond acceptors (Lipinski definition) is 4. The van der Waals surface area contributed by atoms with E-state index in [0.717, 1.165) is 6.42 Å². The highest BCUT2D eigenvalue weighted by Crippen LogP contribution is 2.34. The number of fused-ring (bicyclic) bond motifs is 1. The SMILES string of the molecule is CC(C)CC(C)[C@@H](N)Oc1cnc(-c2ccnc3cc(F)ccc23)cc1C(F)F. The van der Waals surface area contributed by atoms with E-state index < -0.39 is 18.5 Å². The maximum Gasteiger partial charge on any atom is 0.267 e. The summed E-state index contributed by atoms with van der Waals surface area (Å²) in [5, 5.41) is 0.623. The van der Waals surface area contributed by atoms with Crippen LogP contribution in [0.2, 0.25) is 0 Å². The minimum absolute atomic E-state index is 0.000707. The molecule has 2 heterocycles. The largest absolute Gasteiger partial charge is 0.473 e. The molecule has 0 saturated heterocycles. The van der Waals surface area contributed by atoms with Crippen molar-refractivity contribution < 1.29 is 17.9 Å². The van der Waals surface area contributed by atoms with Gasteiger partial charge in [-0.2, -0.15) is 0 Å². The Bertz CT molecular complexity index is 994. The number of nitrogens with zero attached hydrogens (tertiary/aromatic N) is 2. The second-order valence-electron chi connectivity index (χ2n) is 7.62. The van der Waals surface area contributed by atoms with Crippen molar-refractivity contribution in [3.63, 3.8) is 0 Å². The quantitative estimate of drug-likeness (QED) is 0.513. The smallest absolute Gasteiger partial charge is 0.267 e. The van der Waals surface area contributed by atoms with Gasteiger partial charge in [0.15, 0.2) is 0 Å². The summed E-state index contributed by atoms with van der Waals surface area (Å²) < 4.78 is 46.6. The standard InChI is InChI=1S/C22H24F3N3O/c1-12(2)8-13(3)22(26)29-20-11-28-19(10-17(20)21(24)25)16-6-7-27-18-9-14(23)4-5-15(16)18/h4-7,9-13,21-22H,8,26H2,1-3H3/t13?,22-/m0/s1. The number of ether oxygens (including phenoxy) is 1. The molecule has 0 aliphatic heterocycles. The monoisotopic (exact) mass is 403 g/mol. The first kappa shape index (κ1) is 21.0. The molecule has 154 valence electrons. The van der Waals surface area contributed by atoms with Crippen molar-refractivity contribution in [3.05, 3.63) is 54.1 Å². The molecule has 0 spiro atoms. The lowest BCUT2D eigenvalue weighted by Crippen LogP contribution is -2.35. The van der Waals surface area contributed by atoms with Crippen LogP contribution in [-0.2, 0) is 0 Å². The molecule has 2 aromatic heterocycles. The lowest BCUT2D eigenvalue weighted by molar-refractivity contribution is 0.114. The normalized spacial score (nSPS) is 13.8. The van der Waals surface area contributed by atoms with Crippen LogP contribution in [0.15, 0.2) is 42.7 Å². The van der Waals surface area contributed by atoms with Gasteiger partial charge in [0.2, 0.25) is 0 Å². The first-order valence-corrected chi connectivity index (χ1v) is 9.51. The molecule has 1 unspecified atom stereocenters. The van der Waals surface area contributed by atoms with Gasteiger partial charge in [-0.3, -0.25) is 15.7 Å². The first-order valence-electron chi connectivity index (χ1n) is 9.51. The number of halogens is 3. The van der Waals surface area contributed by atoms with Crippen molar-refractivity contribution in [2.24, 2.45) is 17.6 Å².